The minimum absolute atomic E-state index is 0.00221. The standard InChI is InChI=1S/C14H17ClN2O/c1-14(2,8-15)9-17-13-12-7-11(18)4-3-10(12)5-6-16-13/h3-7,18H,8-9H2,1-2H3,(H,16,17). The van der Waals surface area contributed by atoms with Gasteiger partial charge in [-0.3, -0.25) is 0 Å². The van der Waals surface area contributed by atoms with Gasteiger partial charge in [0, 0.05) is 24.0 Å². The van der Waals surface area contributed by atoms with Crippen LogP contribution in [0.4, 0.5) is 5.82 Å². The van der Waals surface area contributed by atoms with Gasteiger partial charge in [-0.2, -0.15) is 0 Å². The van der Waals surface area contributed by atoms with Gasteiger partial charge in [-0.15, -0.1) is 11.6 Å². The third kappa shape index (κ3) is 2.85. The Morgan fingerprint density at radius 1 is 1.33 bits per heavy atom. The first-order valence-corrected chi connectivity index (χ1v) is 6.43. The minimum atomic E-state index is 0.00221. The van der Waals surface area contributed by atoms with Crippen LogP contribution in [-0.2, 0) is 0 Å². The van der Waals surface area contributed by atoms with E-state index in [0.717, 1.165) is 23.1 Å². The number of pyridine rings is 1. The summed E-state index contributed by atoms with van der Waals surface area (Å²) in [6, 6.07) is 7.20. The topological polar surface area (TPSA) is 45.2 Å². The minimum Gasteiger partial charge on any atom is -0.508 e. The van der Waals surface area contributed by atoms with Crippen LogP contribution in [0.3, 0.4) is 0 Å². The van der Waals surface area contributed by atoms with E-state index in [4.69, 9.17) is 11.6 Å². The van der Waals surface area contributed by atoms with Crippen molar-refractivity contribution < 1.29 is 5.11 Å². The Balaban J connectivity index is 2.30. The predicted octanol–water partition coefficient (Wildman–Crippen LogP) is 3.62. The zero-order chi connectivity index (χ0) is 13.2. The average Bonchev–Trinajstić information content (AvgIpc) is 2.36. The summed E-state index contributed by atoms with van der Waals surface area (Å²) in [7, 11) is 0. The van der Waals surface area contributed by atoms with Gasteiger partial charge in [-0.25, -0.2) is 4.98 Å². The molecule has 0 saturated heterocycles. The van der Waals surface area contributed by atoms with Crippen molar-refractivity contribution in [3.05, 3.63) is 30.5 Å². The van der Waals surface area contributed by atoms with E-state index in [1.807, 2.05) is 12.1 Å². The molecular weight excluding hydrogens is 248 g/mol. The molecule has 0 spiro atoms. The number of aromatic hydroxyl groups is 1. The van der Waals surface area contributed by atoms with Crippen molar-refractivity contribution in [2.75, 3.05) is 17.7 Å². The highest BCUT2D eigenvalue weighted by molar-refractivity contribution is 6.18. The van der Waals surface area contributed by atoms with Crippen LogP contribution in [0.25, 0.3) is 10.8 Å². The van der Waals surface area contributed by atoms with Crippen molar-refractivity contribution >= 4 is 28.2 Å². The number of aromatic nitrogens is 1. The van der Waals surface area contributed by atoms with Crippen LogP contribution in [0.1, 0.15) is 13.8 Å². The monoisotopic (exact) mass is 264 g/mol. The van der Waals surface area contributed by atoms with Crippen molar-refractivity contribution in [3.63, 3.8) is 0 Å². The van der Waals surface area contributed by atoms with Gasteiger partial charge in [0.2, 0.25) is 0 Å². The molecule has 0 radical (unpaired) electrons. The maximum atomic E-state index is 9.55. The first-order valence-electron chi connectivity index (χ1n) is 5.89. The molecule has 2 rings (SSSR count). The number of nitrogens with one attached hydrogen (secondary N) is 1. The van der Waals surface area contributed by atoms with E-state index in [1.54, 1.807) is 18.3 Å². The van der Waals surface area contributed by atoms with Crippen LogP contribution in [-0.4, -0.2) is 22.5 Å². The van der Waals surface area contributed by atoms with Gasteiger partial charge >= 0.3 is 0 Å². The molecule has 0 atom stereocenters. The van der Waals surface area contributed by atoms with Crippen LogP contribution in [0, 0.1) is 5.41 Å². The highest BCUT2D eigenvalue weighted by atomic mass is 35.5. The molecule has 0 amide bonds. The molecule has 0 fully saturated rings. The Morgan fingerprint density at radius 2 is 2.11 bits per heavy atom. The third-order valence-electron chi connectivity index (χ3n) is 2.85. The number of hydrogen-bond acceptors (Lipinski definition) is 3. The van der Waals surface area contributed by atoms with E-state index >= 15 is 0 Å². The molecule has 0 aliphatic rings. The lowest BCUT2D eigenvalue weighted by Crippen LogP contribution is -2.25. The molecule has 0 aliphatic carbocycles. The quantitative estimate of drug-likeness (QED) is 0.829. The number of fused-ring (bicyclic) bond motifs is 1. The Kier molecular flexibility index (Phi) is 3.62. The summed E-state index contributed by atoms with van der Waals surface area (Å²) in [5.41, 5.74) is 0.00221. The van der Waals surface area contributed by atoms with Crippen molar-refractivity contribution in [2.24, 2.45) is 5.41 Å². The maximum absolute atomic E-state index is 9.55. The van der Waals surface area contributed by atoms with Crippen LogP contribution in [0.2, 0.25) is 0 Å². The second-order valence-corrected chi connectivity index (χ2v) is 5.48. The molecule has 0 aliphatic heterocycles. The fraction of sp³-hybridized carbons (Fsp3) is 0.357. The number of anilines is 1. The van der Waals surface area contributed by atoms with Crippen molar-refractivity contribution in [3.8, 4) is 5.75 Å². The molecule has 18 heavy (non-hydrogen) atoms. The number of nitrogens with zero attached hydrogens (tertiary/aromatic N) is 1. The lowest BCUT2D eigenvalue weighted by Gasteiger charge is -2.22. The number of hydrogen-bond donors (Lipinski definition) is 2. The van der Waals surface area contributed by atoms with Gasteiger partial charge < -0.3 is 10.4 Å². The molecule has 96 valence electrons. The number of halogens is 1. The highest BCUT2D eigenvalue weighted by Gasteiger charge is 2.16. The second kappa shape index (κ2) is 5.02. The summed E-state index contributed by atoms with van der Waals surface area (Å²) in [5, 5.41) is 14.8. The Bertz CT molecular complexity index is 554. The molecule has 0 saturated carbocycles. The van der Waals surface area contributed by atoms with Crippen LogP contribution >= 0.6 is 11.6 Å². The van der Waals surface area contributed by atoms with Crippen molar-refractivity contribution in [1.29, 1.82) is 0 Å². The molecule has 1 aromatic carbocycles. The fourth-order valence-electron chi connectivity index (χ4n) is 1.67. The third-order valence-corrected chi connectivity index (χ3v) is 3.57. The molecular formula is C14H17ClN2O. The summed E-state index contributed by atoms with van der Waals surface area (Å²) >= 11 is 5.90. The summed E-state index contributed by atoms with van der Waals surface area (Å²) < 4.78 is 0. The molecule has 0 unspecified atom stereocenters. The van der Waals surface area contributed by atoms with E-state index in [0.29, 0.717) is 5.88 Å². The molecule has 0 bridgehead atoms. The zero-order valence-electron chi connectivity index (χ0n) is 10.6. The molecule has 4 heteroatoms. The van der Waals surface area contributed by atoms with E-state index < -0.39 is 0 Å². The summed E-state index contributed by atoms with van der Waals surface area (Å²) in [4.78, 5) is 4.32. The molecule has 2 N–H and O–H groups in total. The van der Waals surface area contributed by atoms with Crippen molar-refractivity contribution in [1.82, 2.24) is 4.98 Å². The molecule has 2 aromatic rings. The number of rotatable bonds is 4. The lowest BCUT2D eigenvalue weighted by molar-refractivity contribution is 0.450. The van der Waals surface area contributed by atoms with E-state index in [-0.39, 0.29) is 11.2 Å². The number of benzene rings is 1. The van der Waals surface area contributed by atoms with Crippen molar-refractivity contribution in [2.45, 2.75) is 13.8 Å². The first kappa shape index (κ1) is 13.0. The Morgan fingerprint density at radius 3 is 2.83 bits per heavy atom. The fourth-order valence-corrected chi connectivity index (χ4v) is 1.76. The molecule has 3 nitrogen and oxygen atoms in total. The van der Waals surface area contributed by atoms with Gasteiger partial charge in [0.1, 0.15) is 11.6 Å². The average molecular weight is 265 g/mol. The number of phenolic OH excluding ortho intramolecular Hbond substituents is 1. The van der Waals surface area contributed by atoms with Gasteiger partial charge in [0.25, 0.3) is 0 Å². The van der Waals surface area contributed by atoms with Gasteiger partial charge in [0.05, 0.1) is 0 Å². The zero-order valence-corrected chi connectivity index (χ0v) is 11.3. The summed E-state index contributed by atoms with van der Waals surface area (Å²) in [5.74, 6) is 1.60. The normalized spacial score (nSPS) is 11.7. The SMILES string of the molecule is CC(C)(CCl)CNc1nccc2ccc(O)cc12. The van der Waals surface area contributed by atoms with E-state index in [2.05, 4.69) is 24.1 Å². The number of alkyl halides is 1. The van der Waals surface area contributed by atoms with Gasteiger partial charge in [-0.05, 0) is 29.0 Å². The van der Waals surface area contributed by atoms with Crippen LogP contribution < -0.4 is 5.32 Å². The highest BCUT2D eigenvalue weighted by Crippen LogP contribution is 2.26. The van der Waals surface area contributed by atoms with Gasteiger partial charge in [-0.1, -0.05) is 19.9 Å². The summed E-state index contributed by atoms with van der Waals surface area (Å²) in [6.07, 6.45) is 1.76. The summed E-state index contributed by atoms with van der Waals surface area (Å²) in [6.45, 7) is 4.92. The smallest absolute Gasteiger partial charge is 0.133 e. The molecule has 1 heterocycles. The van der Waals surface area contributed by atoms with E-state index in [9.17, 15) is 5.11 Å². The number of phenols is 1. The maximum Gasteiger partial charge on any atom is 0.133 e. The Labute approximate surface area is 112 Å². The van der Waals surface area contributed by atoms with Crippen LogP contribution in [0.15, 0.2) is 30.5 Å². The second-order valence-electron chi connectivity index (χ2n) is 5.22. The Hall–Kier alpha value is -1.48. The van der Waals surface area contributed by atoms with Crippen LogP contribution in [0.5, 0.6) is 5.75 Å². The largest absolute Gasteiger partial charge is 0.508 e. The lowest BCUT2D eigenvalue weighted by atomic mass is 9.96. The first-order chi connectivity index (χ1) is 8.52. The molecule has 1 aromatic heterocycles. The predicted molar refractivity (Wildman–Crippen MR) is 76.4 cm³/mol. The van der Waals surface area contributed by atoms with E-state index in [1.165, 1.54) is 0 Å². The van der Waals surface area contributed by atoms with Gasteiger partial charge in [0.15, 0.2) is 0 Å².